The molecule has 0 unspecified atom stereocenters. The lowest BCUT2D eigenvalue weighted by molar-refractivity contribution is -0.137. The van der Waals surface area contributed by atoms with Crippen molar-refractivity contribution in [3.63, 3.8) is 0 Å². The third-order valence-corrected chi connectivity index (χ3v) is 6.88. The second-order valence-electron chi connectivity index (χ2n) is 9.68. The van der Waals surface area contributed by atoms with Crippen molar-refractivity contribution in [2.75, 3.05) is 38.5 Å². The quantitative estimate of drug-likeness (QED) is 0.493. The fourth-order valence-electron chi connectivity index (χ4n) is 4.38. The summed E-state index contributed by atoms with van der Waals surface area (Å²) < 4.78 is 42.9. The van der Waals surface area contributed by atoms with E-state index in [9.17, 15) is 18.0 Å². The average Bonchev–Trinajstić information content (AvgIpc) is 3.20. The number of anilines is 1. The van der Waals surface area contributed by atoms with E-state index in [0.717, 1.165) is 61.8 Å². The zero-order chi connectivity index (χ0) is 27.4. The van der Waals surface area contributed by atoms with Gasteiger partial charge in [0, 0.05) is 56.6 Å². The van der Waals surface area contributed by atoms with Gasteiger partial charge in [-0.2, -0.15) is 13.2 Å². The van der Waals surface area contributed by atoms with Crippen molar-refractivity contribution in [3.05, 3.63) is 81.9 Å². The number of aryl methyl sites for hydroxylation is 2. The smallest absolute Gasteiger partial charge is 0.325 e. The number of hydrogen-bond donors (Lipinski definition) is 1. The van der Waals surface area contributed by atoms with Crippen molar-refractivity contribution in [1.29, 1.82) is 0 Å². The summed E-state index contributed by atoms with van der Waals surface area (Å²) in [5, 5.41) is 2.68. The topological polar surface area (TPSA) is 53.4 Å². The van der Waals surface area contributed by atoms with Crippen molar-refractivity contribution in [1.82, 2.24) is 19.4 Å². The third-order valence-electron chi connectivity index (χ3n) is 6.88. The average molecular weight is 524 g/mol. The van der Waals surface area contributed by atoms with Crippen molar-refractivity contribution in [2.24, 2.45) is 7.05 Å². The molecule has 1 N–H and O–H groups in total. The first-order chi connectivity index (χ1) is 18.0. The molecule has 200 valence electrons. The van der Waals surface area contributed by atoms with Crippen LogP contribution >= 0.6 is 0 Å². The van der Waals surface area contributed by atoms with Crippen LogP contribution in [0.3, 0.4) is 0 Å². The van der Waals surface area contributed by atoms with Gasteiger partial charge in [0.1, 0.15) is 11.5 Å². The summed E-state index contributed by atoms with van der Waals surface area (Å²) in [6.45, 7) is 7.56. The molecular formula is C29H32F3N5O. The predicted octanol–water partition coefficient (Wildman–Crippen LogP) is 4.71. The number of piperazine rings is 1. The highest BCUT2D eigenvalue weighted by Gasteiger charge is 2.31. The van der Waals surface area contributed by atoms with Crippen molar-refractivity contribution < 1.29 is 18.0 Å². The molecule has 38 heavy (non-hydrogen) atoms. The van der Waals surface area contributed by atoms with Crippen LogP contribution in [0.25, 0.3) is 0 Å². The van der Waals surface area contributed by atoms with Crippen LogP contribution in [0.2, 0.25) is 0 Å². The van der Waals surface area contributed by atoms with Gasteiger partial charge in [-0.05, 0) is 67.8 Å². The van der Waals surface area contributed by atoms with Crippen molar-refractivity contribution >= 4 is 11.6 Å². The molecule has 1 amide bonds. The third kappa shape index (κ3) is 6.63. The summed E-state index contributed by atoms with van der Waals surface area (Å²) in [6, 6.07) is 8.96. The molecule has 0 aliphatic carbocycles. The molecule has 0 atom stereocenters. The second kappa shape index (κ2) is 11.4. The highest BCUT2D eigenvalue weighted by atomic mass is 19.4. The number of halogens is 3. The number of hydrogen-bond acceptors (Lipinski definition) is 4. The first kappa shape index (κ1) is 27.4. The van der Waals surface area contributed by atoms with E-state index in [1.165, 1.54) is 0 Å². The number of rotatable bonds is 5. The van der Waals surface area contributed by atoms with Gasteiger partial charge in [0.2, 0.25) is 0 Å². The number of benzene rings is 2. The Morgan fingerprint density at radius 1 is 1.05 bits per heavy atom. The number of likely N-dealkylation sites (N-methyl/N-ethyl adjacent to an activating group) is 1. The van der Waals surface area contributed by atoms with Crippen LogP contribution in [0, 0.1) is 18.8 Å². The Balaban J connectivity index is 1.58. The van der Waals surface area contributed by atoms with Crippen LogP contribution in [-0.4, -0.2) is 58.5 Å². The fourth-order valence-corrected chi connectivity index (χ4v) is 4.38. The number of aromatic nitrogens is 2. The lowest BCUT2D eigenvalue weighted by Gasteiger charge is -2.32. The minimum Gasteiger partial charge on any atom is -0.325 e. The Bertz CT molecular complexity index is 1380. The maximum absolute atomic E-state index is 13.7. The van der Waals surface area contributed by atoms with E-state index in [2.05, 4.69) is 31.9 Å². The predicted molar refractivity (Wildman–Crippen MR) is 142 cm³/mol. The Morgan fingerprint density at radius 3 is 2.42 bits per heavy atom. The van der Waals surface area contributed by atoms with E-state index in [4.69, 9.17) is 0 Å². The molecule has 2 aromatic carbocycles. The Hall–Kier alpha value is -3.61. The van der Waals surface area contributed by atoms with Crippen molar-refractivity contribution in [2.45, 2.75) is 33.0 Å². The van der Waals surface area contributed by atoms with Gasteiger partial charge in [0.05, 0.1) is 11.8 Å². The number of carbonyl (C=O) groups is 1. The lowest BCUT2D eigenvalue weighted by Crippen LogP contribution is -2.43. The van der Waals surface area contributed by atoms with Crippen LogP contribution in [0.4, 0.5) is 18.9 Å². The highest BCUT2D eigenvalue weighted by molar-refractivity contribution is 6.04. The molecule has 0 radical (unpaired) electrons. The molecule has 1 aliphatic rings. The number of imidazole rings is 1. The van der Waals surface area contributed by atoms with Gasteiger partial charge in [-0.15, -0.1) is 0 Å². The minimum atomic E-state index is -4.52. The molecule has 1 fully saturated rings. The zero-order valence-electron chi connectivity index (χ0n) is 22.1. The van der Waals surface area contributed by atoms with Gasteiger partial charge >= 0.3 is 6.18 Å². The van der Waals surface area contributed by atoms with E-state index in [0.29, 0.717) is 23.2 Å². The molecule has 1 saturated heterocycles. The van der Waals surface area contributed by atoms with Crippen molar-refractivity contribution in [3.8, 4) is 11.8 Å². The van der Waals surface area contributed by atoms with Gasteiger partial charge < -0.3 is 14.8 Å². The number of carbonyl (C=O) groups excluding carboxylic acids is 1. The molecule has 1 aliphatic heterocycles. The number of amides is 1. The van der Waals surface area contributed by atoms with E-state index in [-0.39, 0.29) is 5.69 Å². The molecule has 3 aromatic rings. The summed E-state index contributed by atoms with van der Waals surface area (Å²) in [6.07, 6.45) is -2.11. The molecule has 1 aromatic heterocycles. The zero-order valence-corrected chi connectivity index (χ0v) is 22.1. The number of nitrogens with one attached hydrogen (secondary N) is 1. The summed E-state index contributed by atoms with van der Waals surface area (Å²) in [5.74, 6) is 6.58. The van der Waals surface area contributed by atoms with Crippen LogP contribution < -0.4 is 5.32 Å². The largest absolute Gasteiger partial charge is 0.416 e. The Labute approximate surface area is 221 Å². The number of alkyl halides is 3. The maximum atomic E-state index is 13.7. The lowest BCUT2D eigenvalue weighted by atomic mass is 10.0. The van der Waals surface area contributed by atoms with Crippen LogP contribution in [0.15, 0.2) is 42.6 Å². The summed E-state index contributed by atoms with van der Waals surface area (Å²) >= 11 is 0. The first-order valence-electron chi connectivity index (χ1n) is 12.6. The molecule has 9 heteroatoms. The van der Waals surface area contributed by atoms with Gasteiger partial charge in [-0.3, -0.25) is 9.69 Å². The molecule has 0 spiro atoms. The molecule has 4 rings (SSSR count). The summed E-state index contributed by atoms with van der Waals surface area (Å²) in [4.78, 5) is 21.7. The molecular weight excluding hydrogens is 491 g/mol. The molecule has 2 heterocycles. The van der Waals surface area contributed by atoms with E-state index >= 15 is 0 Å². The molecule has 6 nitrogen and oxygen atoms in total. The van der Waals surface area contributed by atoms with E-state index in [1.807, 2.05) is 38.6 Å². The van der Waals surface area contributed by atoms with Crippen LogP contribution in [0.5, 0.6) is 0 Å². The van der Waals surface area contributed by atoms with E-state index in [1.54, 1.807) is 24.4 Å². The van der Waals surface area contributed by atoms with Gasteiger partial charge in [-0.1, -0.05) is 18.9 Å². The summed E-state index contributed by atoms with van der Waals surface area (Å²) in [7, 11) is 3.91. The molecule has 0 bridgehead atoms. The fraction of sp³-hybridized carbons (Fsp3) is 0.379. The molecule has 0 saturated carbocycles. The summed E-state index contributed by atoms with van der Waals surface area (Å²) in [5.41, 5.74) is 2.59. The van der Waals surface area contributed by atoms with Gasteiger partial charge in [0.25, 0.3) is 5.91 Å². The minimum absolute atomic E-state index is 0.117. The first-order valence-corrected chi connectivity index (χ1v) is 12.6. The number of nitrogens with zero attached hydrogens (tertiary/aromatic N) is 4. The normalized spacial score (nSPS) is 14.7. The van der Waals surface area contributed by atoms with E-state index < -0.39 is 17.6 Å². The standard InChI is InChI=1S/C29H32F3N5O/c1-5-22-6-7-24(16-23(22)8-9-27-18-33-20(2)36(27)4)28(38)34-26-15-21(14-25(17-26)29(30,31)32)19-37-12-10-35(3)11-13-37/h6-7,14-18H,5,10-13,19H2,1-4H3,(H,34,38). The monoisotopic (exact) mass is 523 g/mol. The highest BCUT2D eigenvalue weighted by Crippen LogP contribution is 2.32. The van der Waals surface area contributed by atoms with Gasteiger partial charge in [-0.25, -0.2) is 4.98 Å². The second-order valence-corrected chi connectivity index (χ2v) is 9.68. The maximum Gasteiger partial charge on any atom is 0.416 e. The Morgan fingerprint density at radius 2 is 1.79 bits per heavy atom. The Kier molecular flexibility index (Phi) is 8.24. The van der Waals surface area contributed by atoms with Crippen LogP contribution in [-0.2, 0) is 26.2 Å². The SMILES string of the molecule is CCc1ccc(C(=O)Nc2cc(CN3CCN(C)CC3)cc(C(F)(F)F)c2)cc1C#Cc1cnc(C)n1C. The van der Waals surface area contributed by atoms with Crippen LogP contribution in [0.1, 0.15) is 51.1 Å². The van der Waals surface area contributed by atoms with Gasteiger partial charge in [0.15, 0.2) is 0 Å².